The lowest BCUT2D eigenvalue weighted by Crippen LogP contribution is -2.14. The molecule has 3 aromatic rings. The predicted octanol–water partition coefficient (Wildman–Crippen LogP) is 8.56. The molecule has 200 valence electrons. The minimum absolute atomic E-state index is 0.282. The van der Waals surface area contributed by atoms with Crippen LogP contribution in [0.2, 0.25) is 0 Å². The molecule has 3 nitrogen and oxygen atoms in total. The van der Waals surface area contributed by atoms with E-state index >= 15 is 0 Å². The van der Waals surface area contributed by atoms with Crippen molar-refractivity contribution in [3.8, 4) is 5.75 Å². The van der Waals surface area contributed by atoms with E-state index in [4.69, 9.17) is 4.74 Å². The van der Waals surface area contributed by atoms with Crippen LogP contribution in [-0.4, -0.2) is 17.9 Å². The number of benzene rings is 2. The van der Waals surface area contributed by atoms with E-state index in [1.165, 1.54) is 39.0 Å². The van der Waals surface area contributed by atoms with Gasteiger partial charge in [0.2, 0.25) is 0 Å². The molecular formula is C36H39NO2. The molecule has 2 unspecified atom stereocenters. The summed E-state index contributed by atoms with van der Waals surface area (Å²) in [6.07, 6.45) is 20.3. The lowest BCUT2D eigenvalue weighted by Gasteiger charge is -2.26. The van der Waals surface area contributed by atoms with Gasteiger partial charge in [-0.1, -0.05) is 66.6 Å². The van der Waals surface area contributed by atoms with Gasteiger partial charge >= 0.3 is 0 Å². The first-order valence-corrected chi connectivity index (χ1v) is 14.3. The van der Waals surface area contributed by atoms with Crippen LogP contribution in [0.3, 0.4) is 0 Å². The van der Waals surface area contributed by atoms with Gasteiger partial charge in [-0.2, -0.15) is 0 Å². The highest BCUT2D eigenvalue weighted by Gasteiger charge is 2.23. The second-order valence-electron chi connectivity index (χ2n) is 11.2. The molecule has 2 aromatic carbocycles. The Hall–Kier alpha value is -3.72. The Balaban J connectivity index is 1.36. The lowest BCUT2D eigenvalue weighted by atomic mass is 9.78. The Morgan fingerprint density at radius 2 is 1.72 bits per heavy atom. The van der Waals surface area contributed by atoms with E-state index in [0.717, 1.165) is 50.7 Å². The van der Waals surface area contributed by atoms with Gasteiger partial charge in [-0.05, 0) is 109 Å². The highest BCUT2D eigenvalue weighted by Crippen LogP contribution is 2.38. The van der Waals surface area contributed by atoms with Crippen LogP contribution in [0.15, 0.2) is 90.3 Å². The molecule has 2 aliphatic carbocycles. The van der Waals surface area contributed by atoms with Gasteiger partial charge in [0.15, 0.2) is 5.78 Å². The van der Waals surface area contributed by atoms with E-state index in [1.807, 2.05) is 30.6 Å². The minimum Gasteiger partial charge on any atom is -0.497 e. The first-order chi connectivity index (χ1) is 19.1. The number of aromatic nitrogens is 1. The highest BCUT2D eigenvalue weighted by molar-refractivity contribution is 5.90. The fourth-order valence-electron chi connectivity index (χ4n) is 5.95. The van der Waals surface area contributed by atoms with E-state index < -0.39 is 0 Å². The van der Waals surface area contributed by atoms with Crippen molar-refractivity contribution in [1.29, 1.82) is 0 Å². The lowest BCUT2D eigenvalue weighted by molar-refractivity contribution is -0.115. The van der Waals surface area contributed by atoms with Crippen LogP contribution < -0.4 is 4.74 Å². The Labute approximate surface area is 233 Å². The summed E-state index contributed by atoms with van der Waals surface area (Å²) in [6.45, 7) is 2.21. The number of allylic oxidation sites excluding steroid dienone is 4. The van der Waals surface area contributed by atoms with Gasteiger partial charge in [0.1, 0.15) is 5.75 Å². The zero-order chi connectivity index (χ0) is 27.0. The summed E-state index contributed by atoms with van der Waals surface area (Å²) in [5, 5.41) is 0. The Morgan fingerprint density at radius 3 is 2.51 bits per heavy atom. The third-order valence-electron chi connectivity index (χ3n) is 8.11. The number of fused-ring (bicyclic) bond motifs is 1. The summed E-state index contributed by atoms with van der Waals surface area (Å²) in [6, 6.07) is 19.5. The van der Waals surface area contributed by atoms with Gasteiger partial charge in [-0.15, -0.1) is 0 Å². The van der Waals surface area contributed by atoms with Crippen molar-refractivity contribution < 1.29 is 9.53 Å². The number of methoxy groups -OCH3 is 1. The van der Waals surface area contributed by atoms with E-state index in [0.29, 0.717) is 12.3 Å². The molecule has 2 aliphatic rings. The number of hydrogen-bond donors (Lipinski definition) is 0. The molecule has 3 heteroatoms. The van der Waals surface area contributed by atoms with Gasteiger partial charge < -0.3 is 4.74 Å². The topological polar surface area (TPSA) is 39.2 Å². The summed E-state index contributed by atoms with van der Waals surface area (Å²) >= 11 is 0. The summed E-state index contributed by atoms with van der Waals surface area (Å²) in [5.74, 6) is 1.88. The van der Waals surface area contributed by atoms with E-state index in [1.54, 1.807) is 7.11 Å². The van der Waals surface area contributed by atoms with Crippen molar-refractivity contribution in [3.63, 3.8) is 0 Å². The Morgan fingerprint density at radius 1 is 0.897 bits per heavy atom. The van der Waals surface area contributed by atoms with Crippen LogP contribution in [-0.2, 0) is 17.6 Å². The van der Waals surface area contributed by atoms with Gasteiger partial charge in [0, 0.05) is 24.7 Å². The average molecular weight is 518 g/mol. The molecule has 5 rings (SSSR count). The molecule has 1 heterocycles. The molecule has 0 bridgehead atoms. The number of aryl methyl sites for hydroxylation is 1. The number of carbonyl (C=O) groups is 1. The number of ether oxygens (including phenoxy) is 1. The molecule has 39 heavy (non-hydrogen) atoms. The molecule has 0 aliphatic heterocycles. The molecule has 0 N–H and O–H groups in total. The van der Waals surface area contributed by atoms with Crippen molar-refractivity contribution in [3.05, 3.63) is 118 Å². The largest absolute Gasteiger partial charge is 0.497 e. The van der Waals surface area contributed by atoms with Crippen LogP contribution in [0.25, 0.3) is 12.2 Å². The summed E-state index contributed by atoms with van der Waals surface area (Å²) in [7, 11) is 1.70. The molecule has 2 atom stereocenters. The van der Waals surface area contributed by atoms with Crippen molar-refractivity contribution >= 4 is 17.9 Å². The van der Waals surface area contributed by atoms with Gasteiger partial charge in [0.25, 0.3) is 0 Å². The van der Waals surface area contributed by atoms with Crippen molar-refractivity contribution in [2.75, 3.05) is 7.11 Å². The third-order valence-corrected chi connectivity index (χ3v) is 8.11. The summed E-state index contributed by atoms with van der Waals surface area (Å²) in [4.78, 5) is 17.0. The number of hydrogen-bond acceptors (Lipinski definition) is 3. The quantitative estimate of drug-likeness (QED) is 0.300. The molecule has 0 fully saturated rings. The maximum absolute atomic E-state index is 12.9. The average Bonchev–Trinajstić information content (AvgIpc) is 3.14. The minimum atomic E-state index is 0.282. The van der Waals surface area contributed by atoms with Crippen LogP contribution in [0.4, 0.5) is 0 Å². The van der Waals surface area contributed by atoms with Gasteiger partial charge in [-0.3, -0.25) is 9.78 Å². The van der Waals surface area contributed by atoms with Crippen LogP contribution in [0.5, 0.6) is 5.75 Å². The molecule has 1 aromatic heterocycles. The molecular weight excluding hydrogens is 478 g/mol. The number of carbonyl (C=O) groups excluding carboxylic acids is 1. The normalized spacial score (nSPS) is 20.6. The van der Waals surface area contributed by atoms with Gasteiger partial charge in [-0.25, -0.2) is 0 Å². The van der Waals surface area contributed by atoms with Crippen LogP contribution in [0.1, 0.15) is 79.2 Å². The number of nitrogens with zero attached hydrogens (tertiary/aromatic N) is 1. The van der Waals surface area contributed by atoms with Crippen LogP contribution in [0, 0.1) is 5.92 Å². The number of pyridine rings is 1. The van der Waals surface area contributed by atoms with E-state index in [9.17, 15) is 4.79 Å². The van der Waals surface area contributed by atoms with Gasteiger partial charge in [0.05, 0.1) is 7.11 Å². The summed E-state index contributed by atoms with van der Waals surface area (Å²) < 4.78 is 5.30. The zero-order valence-corrected chi connectivity index (χ0v) is 23.2. The summed E-state index contributed by atoms with van der Waals surface area (Å²) in [5.41, 5.74) is 9.20. The molecule has 0 amide bonds. The molecule has 0 saturated carbocycles. The Kier molecular flexibility index (Phi) is 8.88. The maximum Gasteiger partial charge on any atom is 0.155 e. The first-order valence-electron chi connectivity index (χ1n) is 14.3. The SMILES string of the molecule is COc1ccc(CCC/C2=C/C(=O)CC(C)CCC2c2ccc3c(c2)C=CCC(Cc2ccncc2)=C3)cc1. The zero-order valence-electron chi connectivity index (χ0n) is 23.2. The smallest absolute Gasteiger partial charge is 0.155 e. The monoisotopic (exact) mass is 517 g/mol. The maximum atomic E-state index is 12.9. The van der Waals surface area contributed by atoms with Crippen molar-refractivity contribution in [2.45, 2.75) is 64.2 Å². The van der Waals surface area contributed by atoms with Crippen molar-refractivity contribution in [2.24, 2.45) is 5.92 Å². The third kappa shape index (κ3) is 7.23. The fourth-order valence-corrected chi connectivity index (χ4v) is 5.95. The van der Waals surface area contributed by atoms with Crippen molar-refractivity contribution in [1.82, 2.24) is 4.98 Å². The van der Waals surface area contributed by atoms with E-state index in [2.05, 4.69) is 72.6 Å². The number of rotatable bonds is 8. The fraction of sp³-hybridized carbons (Fsp3) is 0.333. The molecule has 0 radical (unpaired) electrons. The Bertz CT molecular complexity index is 1360. The first kappa shape index (κ1) is 26.9. The highest BCUT2D eigenvalue weighted by atomic mass is 16.5. The number of ketones is 1. The molecule has 0 saturated heterocycles. The second kappa shape index (κ2) is 12.9. The second-order valence-corrected chi connectivity index (χ2v) is 11.2. The van der Waals surface area contributed by atoms with E-state index in [-0.39, 0.29) is 11.7 Å². The standard InChI is InChI=1S/C36H39NO2/c1-26-9-16-36(32(25-34(38)21-26)8-3-5-27-10-14-35(39-2)15-11-27)33-13-12-31-23-29(6-4-7-30(31)24-33)22-28-17-19-37-20-18-28/h4,7,10-15,17-20,23-26,36H,3,5-6,8-9,16,21-22H2,1-2H3/b32-25-. The molecule has 0 spiro atoms. The van der Waals surface area contributed by atoms with Crippen LogP contribution >= 0.6 is 0 Å². The predicted molar refractivity (Wildman–Crippen MR) is 161 cm³/mol.